The molecule has 2 N–H and O–H groups in total. The summed E-state index contributed by atoms with van der Waals surface area (Å²) in [6.45, 7) is 2.37. The second kappa shape index (κ2) is 6.62. The summed E-state index contributed by atoms with van der Waals surface area (Å²) < 4.78 is 5.13. The van der Waals surface area contributed by atoms with Crippen molar-refractivity contribution in [3.8, 4) is 5.75 Å². The molecule has 0 amide bonds. The number of aliphatic hydroxyl groups excluding tert-OH is 1. The molecule has 0 aliphatic carbocycles. The third-order valence-corrected chi connectivity index (χ3v) is 3.39. The van der Waals surface area contributed by atoms with Crippen molar-refractivity contribution in [2.75, 3.05) is 20.8 Å². The predicted molar refractivity (Wildman–Crippen MR) is 70.5 cm³/mol. The van der Waals surface area contributed by atoms with Crippen molar-refractivity contribution in [3.05, 3.63) is 29.8 Å². The Kier molecular flexibility index (Phi) is 5.45. The van der Waals surface area contributed by atoms with Crippen LogP contribution >= 0.6 is 0 Å². The summed E-state index contributed by atoms with van der Waals surface area (Å²) in [7, 11) is 3.62. The van der Waals surface area contributed by atoms with Crippen LogP contribution in [0.5, 0.6) is 5.75 Å². The molecule has 17 heavy (non-hydrogen) atoms. The Bertz CT molecular complexity index is 323. The van der Waals surface area contributed by atoms with Gasteiger partial charge in [-0.25, -0.2) is 0 Å². The molecule has 0 heterocycles. The molecule has 0 radical (unpaired) electrons. The molecule has 1 atom stereocenters. The number of ether oxygens (including phenoxy) is 1. The lowest BCUT2D eigenvalue weighted by atomic mass is 9.90. The maximum absolute atomic E-state index is 9.04. The first kappa shape index (κ1) is 14.0. The molecule has 0 saturated carbocycles. The first-order valence-electron chi connectivity index (χ1n) is 6.06. The van der Waals surface area contributed by atoms with Gasteiger partial charge >= 0.3 is 0 Å². The molecule has 0 aliphatic rings. The van der Waals surface area contributed by atoms with E-state index in [4.69, 9.17) is 9.84 Å². The maximum atomic E-state index is 9.04. The zero-order valence-corrected chi connectivity index (χ0v) is 11.0. The van der Waals surface area contributed by atoms with Crippen LogP contribution in [0.1, 0.15) is 25.3 Å². The van der Waals surface area contributed by atoms with Crippen molar-refractivity contribution in [1.82, 2.24) is 5.32 Å². The van der Waals surface area contributed by atoms with E-state index in [1.54, 1.807) is 7.11 Å². The third-order valence-electron chi connectivity index (χ3n) is 3.39. The minimum atomic E-state index is 0.00861. The van der Waals surface area contributed by atoms with Crippen LogP contribution in [-0.4, -0.2) is 31.4 Å². The maximum Gasteiger partial charge on any atom is 0.118 e. The van der Waals surface area contributed by atoms with Crippen LogP contribution < -0.4 is 10.1 Å². The van der Waals surface area contributed by atoms with E-state index >= 15 is 0 Å². The van der Waals surface area contributed by atoms with Gasteiger partial charge < -0.3 is 15.2 Å². The molecule has 1 aromatic rings. The Hall–Kier alpha value is -1.06. The molecule has 1 rings (SSSR count). The Morgan fingerprint density at radius 1 is 1.24 bits per heavy atom. The van der Waals surface area contributed by atoms with Crippen LogP contribution in [0.2, 0.25) is 0 Å². The fourth-order valence-corrected chi connectivity index (χ4v) is 1.83. The molecule has 1 unspecified atom stereocenters. The molecule has 0 saturated heterocycles. The highest BCUT2D eigenvalue weighted by molar-refractivity contribution is 5.27. The van der Waals surface area contributed by atoms with Gasteiger partial charge in [-0.2, -0.15) is 0 Å². The Morgan fingerprint density at radius 2 is 1.88 bits per heavy atom. The van der Waals surface area contributed by atoms with Gasteiger partial charge in [0.15, 0.2) is 0 Å². The number of rotatable bonds is 7. The number of aryl methyl sites for hydroxylation is 1. The van der Waals surface area contributed by atoms with E-state index in [1.165, 1.54) is 5.56 Å². The minimum Gasteiger partial charge on any atom is -0.497 e. The summed E-state index contributed by atoms with van der Waals surface area (Å²) in [6.07, 6.45) is 2.79. The van der Waals surface area contributed by atoms with Crippen LogP contribution in [0.4, 0.5) is 0 Å². The third kappa shape index (κ3) is 4.36. The van der Waals surface area contributed by atoms with Crippen LogP contribution in [0.25, 0.3) is 0 Å². The Balaban J connectivity index is 2.53. The summed E-state index contributed by atoms with van der Waals surface area (Å²) in [5.41, 5.74) is 1.31. The average Bonchev–Trinajstić information content (AvgIpc) is 2.37. The summed E-state index contributed by atoms with van der Waals surface area (Å²) >= 11 is 0. The monoisotopic (exact) mass is 237 g/mol. The van der Waals surface area contributed by atoms with Gasteiger partial charge in [-0.05, 0) is 50.9 Å². The molecule has 0 bridgehead atoms. The van der Waals surface area contributed by atoms with Crippen molar-refractivity contribution < 1.29 is 9.84 Å². The lowest BCUT2D eigenvalue weighted by Crippen LogP contribution is -2.41. The number of benzene rings is 1. The number of methoxy groups -OCH3 is 1. The number of hydrogen-bond donors (Lipinski definition) is 2. The molecular formula is C14H23NO2. The second-order valence-corrected chi connectivity index (χ2v) is 4.63. The van der Waals surface area contributed by atoms with Gasteiger partial charge in [-0.15, -0.1) is 0 Å². The SMILES string of the molecule is CNC(C)(CCO)CCc1ccc(OC)cc1. The highest BCUT2D eigenvalue weighted by Crippen LogP contribution is 2.19. The first-order valence-corrected chi connectivity index (χ1v) is 6.06. The largest absolute Gasteiger partial charge is 0.497 e. The van der Waals surface area contributed by atoms with Gasteiger partial charge in [0.1, 0.15) is 5.75 Å². The molecule has 0 aromatic heterocycles. The van der Waals surface area contributed by atoms with Crippen LogP contribution in [0.15, 0.2) is 24.3 Å². The highest BCUT2D eigenvalue weighted by atomic mass is 16.5. The van der Waals surface area contributed by atoms with Crippen LogP contribution in [-0.2, 0) is 6.42 Å². The Morgan fingerprint density at radius 3 is 2.35 bits per heavy atom. The normalized spacial score (nSPS) is 14.4. The summed E-state index contributed by atoms with van der Waals surface area (Å²) in [4.78, 5) is 0. The van der Waals surface area contributed by atoms with Gasteiger partial charge in [0.05, 0.1) is 7.11 Å². The Labute approximate surface area is 104 Å². The van der Waals surface area contributed by atoms with E-state index in [9.17, 15) is 0 Å². The van der Waals surface area contributed by atoms with Gasteiger partial charge in [-0.3, -0.25) is 0 Å². The topological polar surface area (TPSA) is 41.5 Å². The molecular weight excluding hydrogens is 214 g/mol. The second-order valence-electron chi connectivity index (χ2n) is 4.63. The lowest BCUT2D eigenvalue weighted by Gasteiger charge is -2.28. The van der Waals surface area contributed by atoms with Gasteiger partial charge in [-0.1, -0.05) is 12.1 Å². The van der Waals surface area contributed by atoms with E-state index in [0.29, 0.717) is 0 Å². The molecule has 3 heteroatoms. The molecule has 0 fully saturated rings. The van der Waals surface area contributed by atoms with E-state index in [2.05, 4.69) is 24.4 Å². The summed E-state index contributed by atoms with van der Waals surface area (Å²) in [6, 6.07) is 8.15. The molecule has 0 aliphatic heterocycles. The molecule has 1 aromatic carbocycles. The standard InChI is InChI=1S/C14H23NO2/c1-14(15-2,10-11-16)9-8-12-4-6-13(17-3)7-5-12/h4-7,15-16H,8-11H2,1-3H3. The number of nitrogens with one attached hydrogen (secondary N) is 1. The molecule has 3 nitrogen and oxygen atoms in total. The van der Waals surface area contributed by atoms with Crippen LogP contribution in [0, 0.1) is 0 Å². The zero-order valence-electron chi connectivity index (χ0n) is 11.0. The van der Waals surface area contributed by atoms with Gasteiger partial charge in [0.2, 0.25) is 0 Å². The average molecular weight is 237 g/mol. The molecule has 96 valence electrons. The van der Waals surface area contributed by atoms with E-state index in [0.717, 1.165) is 25.0 Å². The van der Waals surface area contributed by atoms with Gasteiger partial charge in [0, 0.05) is 12.1 Å². The zero-order chi connectivity index (χ0) is 12.7. The summed E-state index contributed by atoms with van der Waals surface area (Å²) in [5.74, 6) is 0.889. The van der Waals surface area contributed by atoms with Crippen molar-refractivity contribution in [2.24, 2.45) is 0 Å². The smallest absolute Gasteiger partial charge is 0.118 e. The number of hydrogen-bond acceptors (Lipinski definition) is 3. The first-order chi connectivity index (χ1) is 8.13. The van der Waals surface area contributed by atoms with E-state index in [1.807, 2.05) is 19.2 Å². The fraction of sp³-hybridized carbons (Fsp3) is 0.571. The van der Waals surface area contributed by atoms with Crippen molar-refractivity contribution in [3.63, 3.8) is 0 Å². The van der Waals surface area contributed by atoms with E-state index < -0.39 is 0 Å². The lowest BCUT2D eigenvalue weighted by molar-refractivity contribution is 0.219. The van der Waals surface area contributed by atoms with Gasteiger partial charge in [0.25, 0.3) is 0 Å². The van der Waals surface area contributed by atoms with Crippen molar-refractivity contribution in [2.45, 2.75) is 31.7 Å². The van der Waals surface area contributed by atoms with E-state index in [-0.39, 0.29) is 12.1 Å². The van der Waals surface area contributed by atoms with Crippen molar-refractivity contribution in [1.29, 1.82) is 0 Å². The van der Waals surface area contributed by atoms with Crippen LogP contribution in [0.3, 0.4) is 0 Å². The highest BCUT2D eigenvalue weighted by Gasteiger charge is 2.20. The minimum absolute atomic E-state index is 0.00861. The number of aliphatic hydroxyl groups is 1. The fourth-order valence-electron chi connectivity index (χ4n) is 1.83. The van der Waals surface area contributed by atoms with Crippen molar-refractivity contribution >= 4 is 0 Å². The quantitative estimate of drug-likeness (QED) is 0.762. The molecule has 0 spiro atoms. The predicted octanol–water partition coefficient (Wildman–Crippen LogP) is 1.99. The summed E-state index contributed by atoms with van der Waals surface area (Å²) in [5, 5.41) is 12.3.